The highest BCUT2D eigenvalue weighted by atomic mass is 32.1. The number of aromatic nitrogens is 4. The number of H-pyrrole nitrogens is 1. The van der Waals surface area contributed by atoms with Gasteiger partial charge in [0.2, 0.25) is 17.8 Å². The lowest BCUT2D eigenvalue weighted by molar-refractivity contribution is -0.146. The van der Waals surface area contributed by atoms with Crippen LogP contribution in [0.1, 0.15) is 42.2 Å². The van der Waals surface area contributed by atoms with E-state index in [0.29, 0.717) is 77.5 Å². The standard InChI is InChI=1S/C39H57N9O14S/c1-2-62-38(55)30(25-63)45-32(50)9-11-56-13-15-58-17-19-60-21-22-61-20-18-59-16-14-57-12-10-41-31(49)8-7-29(37(53)54)46-35(51)26-3-5-27(6-4-26)42-23-28-24-43-34-33(44-28)36(52)48-39(40)47-34/h3-6,24,29-30,42,63H,2,7-23,25H2,1H3,(H,41,49)(H,45,50)(H,46,51)(H,53,54)(H3,40,43,47,48,52)/t29-,30-/m0/s1. The molecule has 0 unspecified atom stereocenters. The number of carbonyl (C=O) groups excluding carboxylic acids is 4. The molecule has 0 saturated carbocycles. The topological polar surface area (TPSA) is 316 Å². The number of hydrogen-bond acceptors (Lipinski definition) is 19. The predicted octanol–water partition coefficient (Wildman–Crippen LogP) is -0.546. The van der Waals surface area contributed by atoms with Crippen molar-refractivity contribution in [3.05, 3.63) is 52.1 Å². The van der Waals surface area contributed by atoms with Crippen molar-refractivity contribution in [3.8, 4) is 0 Å². The molecule has 3 aromatic rings. The van der Waals surface area contributed by atoms with E-state index in [4.69, 9.17) is 38.9 Å². The first-order chi connectivity index (χ1) is 30.5. The number of esters is 1. The van der Waals surface area contributed by atoms with Crippen LogP contribution in [0.15, 0.2) is 35.3 Å². The molecule has 0 saturated heterocycles. The first-order valence-corrected chi connectivity index (χ1v) is 20.8. The molecule has 0 aliphatic carbocycles. The number of carboxylic acids is 1. The van der Waals surface area contributed by atoms with Gasteiger partial charge in [0, 0.05) is 36.4 Å². The molecule has 23 nitrogen and oxygen atoms in total. The van der Waals surface area contributed by atoms with Gasteiger partial charge in [-0.15, -0.1) is 0 Å². The number of carbonyl (C=O) groups is 5. The Hall–Kier alpha value is -5.50. The van der Waals surface area contributed by atoms with Crippen LogP contribution in [0.2, 0.25) is 0 Å². The van der Waals surface area contributed by atoms with Gasteiger partial charge in [0.15, 0.2) is 11.2 Å². The van der Waals surface area contributed by atoms with Crippen LogP contribution in [0, 0.1) is 0 Å². The number of benzene rings is 1. The van der Waals surface area contributed by atoms with E-state index >= 15 is 0 Å². The van der Waals surface area contributed by atoms with Crippen molar-refractivity contribution in [3.63, 3.8) is 0 Å². The third-order valence-electron chi connectivity index (χ3n) is 8.36. The zero-order valence-electron chi connectivity index (χ0n) is 35.1. The number of rotatable bonds is 34. The molecule has 2 heterocycles. The maximum Gasteiger partial charge on any atom is 0.329 e. The average molecular weight is 908 g/mol. The molecule has 3 amide bonds. The number of nitrogens with zero attached hydrogens (tertiary/aromatic N) is 3. The van der Waals surface area contributed by atoms with Crippen LogP contribution < -0.4 is 32.6 Å². The zero-order chi connectivity index (χ0) is 45.7. The number of carboxylic acid groups (broad SMARTS) is 1. The van der Waals surface area contributed by atoms with Gasteiger partial charge in [-0.05, 0) is 37.6 Å². The number of thiol groups is 1. The lowest BCUT2D eigenvalue weighted by Gasteiger charge is -2.15. The summed E-state index contributed by atoms with van der Waals surface area (Å²) < 4.78 is 37.5. The summed E-state index contributed by atoms with van der Waals surface area (Å²) in [6.07, 6.45) is 1.30. The second-order valence-electron chi connectivity index (χ2n) is 13.1. The van der Waals surface area contributed by atoms with E-state index in [9.17, 15) is 33.9 Å². The molecule has 24 heteroatoms. The summed E-state index contributed by atoms with van der Waals surface area (Å²) in [5.74, 6) is -3.06. The molecule has 63 heavy (non-hydrogen) atoms. The molecule has 0 spiro atoms. The van der Waals surface area contributed by atoms with Crippen LogP contribution in [-0.2, 0) is 58.9 Å². The van der Waals surface area contributed by atoms with Gasteiger partial charge in [-0.2, -0.15) is 17.6 Å². The summed E-state index contributed by atoms with van der Waals surface area (Å²) in [7, 11) is 0. The molecule has 0 aliphatic rings. The van der Waals surface area contributed by atoms with E-state index in [1.807, 2.05) is 0 Å². The van der Waals surface area contributed by atoms with Gasteiger partial charge in [-0.25, -0.2) is 19.6 Å². The minimum Gasteiger partial charge on any atom is -0.480 e. The second-order valence-corrected chi connectivity index (χ2v) is 13.5. The summed E-state index contributed by atoms with van der Waals surface area (Å²) in [4.78, 5) is 87.3. The number of fused-ring (bicyclic) bond motifs is 1. The first kappa shape index (κ1) is 51.8. The van der Waals surface area contributed by atoms with E-state index < -0.39 is 35.5 Å². The van der Waals surface area contributed by atoms with Crippen LogP contribution in [0.5, 0.6) is 0 Å². The minimum atomic E-state index is -1.29. The SMILES string of the molecule is CCOC(=O)[C@H](CS)NC(=O)CCOCCOCCOCCOCCOCCOCCNC(=O)CC[C@H](NC(=O)c1ccc(NCc2cnc3nc(N)[nH]c(=O)c3n2)cc1)C(=O)O. The molecule has 0 aliphatic heterocycles. The molecule has 0 radical (unpaired) electrons. The van der Waals surface area contributed by atoms with Gasteiger partial charge in [0.05, 0.1) is 104 Å². The van der Waals surface area contributed by atoms with Gasteiger partial charge in [-0.3, -0.25) is 24.2 Å². The van der Waals surface area contributed by atoms with E-state index in [1.165, 1.54) is 18.3 Å². The number of amides is 3. The zero-order valence-corrected chi connectivity index (χ0v) is 36.0. The smallest absolute Gasteiger partial charge is 0.329 e. The maximum atomic E-state index is 12.8. The van der Waals surface area contributed by atoms with Gasteiger partial charge in [-0.1, -0.05) is 0 Å². The highest BCUT2D eigenvalue weighted by molar-refractivity contribution is 7.80. The number of aromatic amines is 1. The molecule has 2 atom stereocenters. The summed E-state index contributed by atoms with van der Waals surface area (Å²) in [6, 6.07) is 4.19. The fourth-order valence-electron chi connectivity index (χ4n) is 5.17. The van der Waals surface area contributed by atoms with E-state index in [-0.39, 0.29) is 92.4 Å². The third kappa shape index (κ3) is 21.4. The van der Waals surface area contributed by atoms with E-state index in [2.05, 4.69) is 53.8 Å². The Labute approximate surface area is 368 Å². The Morgan fingerprint density at radius 3 is 1.94 bits per heavy atom. The molecule has 8 N–H and O–H groups in total. The Bertz CT molecular complexity index is 1930. The quantitative estimate of drug-likeness (QED) is 0.0212. The molecule has 3 rings (SSSR count). The highest BCUT2D eigenvalue weighted by Gasteiger charge is 2.22. The second kappa shape index (κ2) is 30.5. The van der Waals surface area contributed by atoms with Crippen molar-refractivity contribution < 1.29 is 62.2 Å². The van der Waals surface area contributed by atoms with Crippen molar-refractivity contribution in [1.29, 1.82) is 0 Å². The number of anilines is 2. The first-order valence-electron chi connectivity index (χ1n) is 20.2. The molecular weight excluding hydrogens is 851 g/mol. The number of ether oxygens (including phenoxy) is 7. The normalized spacial score (nSPS) is 12.0. The predicted molar refractivity (Wildman–Crippen MR) is 229 cm³/mol. The van der Waals surface area contributed by atoms with Gasteiger partial charge < -0.3 is 65.3 Å². The van der Waals surface area contributed by atoms with Crippen LogP contribution in [-0.4, -0.2) is 165 Å². The Morgan fingerprint density at radius 2 is 1.37 bits per heavy atom. The summed E-state index contributed by atoms with van der Waals surface area (Å²) in [5, 5.41) is 20.4. The van der Waals surface area contributed by atoms with Crippen molar-refractivity contribution in [2.75, 3.05) is 109 Å². The fourth-order valence-corrected chi connectivity index (χ4v) is 5.41. The summed E-state index contributed by atoms with van der Waals surface area (Å²) in [5.41, 5.74) is 6.50. The number of hydrogen-bond donors (Lipinski definition) is 8. The summed E-state index contributed by atoms with van der Waals surface area (Å²) in [6.45, 7) is 6.27. The molecule has 1 aromatic carbocycles. The van der Waals surface area contributed by atoms with Crippen molar-refractivity contribution in [2.45, 2.75) is 44.8 Å². The maximum absolute atomic E-state index is 12.8. The van der Waals surface area contributed by atoms with Gasteiger partial charge >= 0.3 is 11.9 Å². The fraction of sp³-hybridized carbons (Fsp3) is 0.564. The molecule has 0 bridgehead atoms. The minimum absolute atomic E-state index is 0.0476. The Balaban J connectivity index is 1.11. The van der Waals surface area contributed by atoms with Crippen molar-refractivity contribution >= 4 is 65.1 Å². The largest absolute Gasteiger partial charge is 0.480 e. The van der Waals surface area contributed by atoms with E-state index in [0.717, 1.165) is 0 Å². The van der Waals surface area contributed by atoms with Gasteiger partial charge in [0.1, 0.15) is 12.1 Å². The van der Waals surface area contributed by atoms with Crippen molar-refractivity contribution in [2.24, 2.45) is 0 Å². The van der Waals surface area contributed by atoms with Crippen molar-refractivity contribution in [1.82, 2.24) is 35.9 Å². The average Bonchev–Trinajstić information content (AvgIpc) is 3.26. The van der Waals surface area contributed by atoms with Crippen LogP contribution in [0.3, 0.4) is 0 Å². The summed E-state index contributed by atoms with van der Waals surface area (Å²) >= 11 is 4.05. The number of nitrogen functional groups attached to an aromatic ring is 1. The van der Waals surface area contributed by atoms with Gasteiger partial charge in [0.25, 0.3) is 11.5 Å². The van der Waals surface area contributed by atoms with E-state index in [1.54, 1.807) is 19.1 Å². The third-order valence-corrected chi connectivity index (χ3v) is 8.73. The highest BCUT2D eigenvalue weighted by Crippen LogP contribution is 2.12. The molecule has 348 valence electrons. The molecule has 2 aromatic heterocycles. The molecular formula is C39H57N9O14S. The number of nitrogens with one attached hydrogen (secondary N) is 5. The van der Waals surface area contributed by atoms with Crippen LogP contribution >= 0.6 is 12.6 Å². The van der Waals surface area contributed by atoms with Crippen LogP contribution in [0.4, 0.5) is 11.6 Å². The lowest BCUT2D eigenvalue weighted by Crippen LogP contribution is -2.43. The number of aliphatic carboxylic acids is 1. The Morgan fingerprint density at radius 1 is 0.778 bits per heavy atom. The van der Waals surface area contributed by atoms with Crippen LogP contribution in [0.25, 0.3) is 11.2 Å². The lowest BCUT2D eigenvalue weighted by atomic mass is 10.1. The Kier molecular flexibility index (Phi) is 25.1. The monoisotopic (exact) mass is 907 g/mol. The molecule has 0 fully saturated rings. The number of nitrogens with two attached hydrogens (primary N) is 1.